The fourth-order valence-electron chi connectivity index (χ4n) is 2.67. The number of non-ortho nitro benzene ring substituents is 2. The second-order valence-corrected chi connectivity index (χ2v) is 6.65. The lowest BCUT2D eigenvalue weighted by Crippen LogP contribution is -2.17. The molecule has 0 atom stereocenters. The maximum atomic E-state index is 12.2. The van der Waals surface area contributed by atoms with Gasteiger partial charge >= 0.3 is 5.97 Å². The van der Waals surface area contributed by atoms with Crippen molar-refractivity contribution >= 4 is 35.5 Å². The summed E-state index contributed by atoms with van der Waals surface area (Å²) >= 11 is 0. The molecule has 3 aromatic rings. The molecule has 0 saturated heterocycles. The van der Waals surface area contributed by atoms with Crippen LogP contribution in [0.5, 0.6) is 5.75 Å². The Balaban J connectivity index is 1.73. The van der Waals surface area contributed by atoms with Crippen molar-refractivity contribution in [3.05, 3.63) is 116 Å². The largest absolute Gasteiger partial charge is 0.423 e. The van der Waals surface area contributed by atoms with E-state index >= 15 is 0 Å². The molecule has 0 unspecified atom stereocenters. The highest BCUT2D eigenvalue weighted by atomic mass is 16.6. The number of nitro groups is 2. The van der Waals surface area contributed by atoms with Crippen LogP contribution in [0.1, 0.15) is 21.5 Å². The van der Waals surface area contributed by atoms with Gasteiger partial charge in [-0.15, -0.1) is 0 Å². The fourth-order valence-corrected chi connectivity index (χ4v) is 2.67. The van der Waals surface area contributed by atoms with Crippen LogP contribution in [0, 0.1) is 20.2 Å². The predicted octanol–water partition coefficient (Wildman–Crippen LogP) is 3.89. The second-order valence-electron chi connectivity index (χ2n) is 6.65. The Labute approximate surface area is 192 Å². The van der Waals surface area contributed by atoms with Gasteiger partial charge in [-0.05, 0) is 42.0 Å². The molecule has 0 radical (unpaired) electrons. The maximum absolute atomic E-state index is 12.2. The SMILES string of the molecule is O=C(/C=C/c1ccc([N+](=O)[O-])cc1)Oc1ccc([N+](=O)[O-])cc1/C=N/NC(=O)c1ccccc1. The molecule has 0 aliphatic carbocycles. The molecule has 34 heavy (non-hydrogen) atoms. The van der Waals surface area contributed by atoms with Gasteiger partial charge in [-0.25, -0.2) is 10.2 Å². The van der Waals surface area contributed by atoms with Crippen LogP contribution in [-0.2, 0) is 4.79 Å². The number of amides is 1. The molecule has 0 fully saturated rings. The monoisotopic (exact) mass is 460 g/mol. The number of nitrogens with one attached hydrogen (secondary N) is 1. The van der Waals surface area contributed by atoms with E-state index in [0.717, 1.165) is 24.4 Å². The molecule has 170 valence electrons. The Bertz CT molecular complexity index is 1290. The van der Waals surface area contributed by atoms with Crippen molar-refractivity contribution in [1.29, 1.82) is 0 Å². The number of hydrazone groups is 1. The summed E-state index contributed by atoms with van der Waals surface area (Å²) in [6, 6.07) is 17.3. The van der Waals surface area contributed by atoms with Crippen molar-refractivity contribution in [3.8, 4) is 5.75 Å². The van der Waals surface area contributed by atoms with Crippen LogP contribution in [0.2, 0.25) is 0 Å². The van der Waals surface area contributed by atoms with Crippen molar-refractivity contribution in [3.63, 3.8) is 0 Å². The fraction of sp³-hybridized carbons (Fsp3) is 0. The van der Waals surface area contributed by atoms with Gasteiger partial charge in [0, 0.05) is 41.5 Å². The standard InChI is InChI=1S/C23H16N4O7/c28-22(13-8-16-6-9-19(10-7-16)26(30)31)34-21-12-11-20(27(32)33)14-18(21)15-24-25-23(29)17-4-2-1-3-5-17/h1-15H,(H,25,29)/b13-8+,24-15+. The average Bonchev–Trinajstić information content (AvgIpc) is 2.84. The smallest absolute Gasteiger partial charge is 0.336 e. The molecule has 11 nitrogen and oxygen atoms in total. The first-order valence-electron chi connectivity index (χ1n) is 9.65. The summed E-state index contributed by atoms with van der Waals surface area (Å²) in [6.45, 7) is 0. The minimum Gasteiger partial charge on any atom is -0.423 e. The zero-order valence-corrected chi connectivity index (χ0v) is 17.4. The molecule has 0 saturated carbocycles. The molecule has 0 bridgehead atoms. The van der Waals surface area contributed by atoms with Crippen molar-refractivity contribution in [1.82, 2.24) is 5.43 Å². The number of benzene rings is 3. The van der Waals surface area contributed by atoms with Gasteiger partial charge < -0.3 is 4.74 Å². The number of carbonyl (C=O) groups excluding carboxylic acids is 2. The second kappa shape index (κ2) is 10.9. The van der Waals surface area contributed by atoms with E-state index in [9.17, 15) is 29.8 Å². The molecule has 11 heteroatoms. The topological polar surface area (TPSA) is 154 Å². The van der Waals surface area contributed by atoms with Crippen LogP contribution < -0.4 is 10.2 Å². The Morgan fingerprint density at radius 1 is 0.882 bits per heavy atom. The van der Waals surface area contributed by atoms with Crippen LogP contribution in [0.25, 0.3) is 6.08 Å². The third-order valence-corrected chi connectivity index (χ3v) is 4.34. The quantitative estimate of drug-likeness (QED) is 0.134. The highest BCUT2D eigenvalue weighted by Gasteiger charge is 2.13. The molecule has 1 amide bonds. The predicted molar refractivity (Wildman–Crippen MR) is 122 cm³/mol. The summed E-state index contributed by atoms with van der Waals surface area (Å²) in [5.41, 5.74) is 2.91. The van der Waals surface area contributed by atoms with Crippen molar-refractivity contribution in [2.24, 2.45) is 5.10 Å². The zero-order valence-electron chi connectivity index (χ0n) is 17.4. The molecular formula is C23H16N4O7. The molecule has 1 N–H and O–H groups in total. The van der Waals surface area contributed by atoms with Crippen LogP contribution in [0.15, 0.2) is 84.0 Å². The van der Waals surface area contributed by atoms with E-state index in [-0.39, 0.29) is 22.7 Å². The van der Waals surface area contributed by atoms with E-state index in [1.165, 1.54) is 36.4 Å². The van der Waals surface area contributed by atoms with Crippen molar-refractivity contribution < 1.29 is 24.2 Å². The summed E-state index contributed by atoms with van der Waals surface area (Å²) < 4.78 is 5.25. The van der Waals surface area contributed by atoms with E-state index in [0.29, 0.717) is 11.1 Å². The molecule has 0 aliphatic rings. The first kappa shape index (κ1) is 23.5. The number of hydrogen-bond acceptors (Lipinski definition) is 8. The lowest BCUT2D eigenvalue weighted by atomic mass is 10.2. The van der Waals surface area contributed by atoms with Crippen LogP contribution >= 0.6 is 0 Å². The minimum absolute atomic E-state index is 0.0262. The van der Waals surface area contributed by atoms with E-state index in [2.05, 4.69) is 10.5 Å². The molecule has 0 aromatic heterocycles. The van der Waals surface area contributed by atoms with Crippen molar-refractivity contribution in [2.45, 2.75) is 0 Å². The van der Waals surface area contributed by atoms with E-state index in [1.54, 1.807) is 30.3 Å². The Kier molecular flexibility index (Phi) is 7.53. The van der Waals surface area contributed by atoms with Crippen LogP contribution in [-0.4, -0.2) is 27.9 Å². The van der Waals surface area contributed by atoms with Gasteiger partial charge in [0.2, 0.25) is 0 Å². The number of esters is 1. The highest BCUT2D eigenvalue weighted by molar-refractivity contribution is 5.95. The lowest BCUT2D eigenvalue weighted by Gasteiger charge is -2.06. The summed E-state index contributed by atoms with van der Waals surface area (Å²) in [4.78, 5) is 45.0. The van der Waals surface area contributed by atoms with Gasteiger partial charge in [-0.2, -0.15) is 5.10 Å². The number of ether oxygens (including phenoxy) is 1. The number of rotatable bonds is 8. The van der Waals surface area contributed by atoms with Gasteiger partial charge in [0.05, 0.1) is 16.1 Å². The molecule has 3 aromatic carbocycles. The first-order valence-corrected chi connectivity index (χ1v) is 9.65. The molecular weight excluding hydrogens is 444 g/mol. The van der Waals surface area contributed by atoms with Gasteiger partial charge in [-0.3, -0.25) is 25.0 Å². The normalized spacial score (nSPS) is 10.8. The van der Waals surface area contributed by atoms with E-state index < -0.39 is 21.7 Å². The number of nitro benzene ring substituents is 2. The van der Waals surface area contributed by atoms with E-state index in [1.807, 2.05) is 0 Å². The van der Waals surface area contributed by atoms with Crippen LogP contribution in [0.4, 0.5) is 11.4 Å². The Hall–Kier alpha value is -5.19. The number of nitrogens with zero attached hydrogens (tertiary/aromatic N) is 3. The summed E-state index contributed by atoms with van der Waals surface area (Å²) in [6.07, 6.45) is 3.61. The Morgan fingerprint density at radius 3 is 2.18 bits per heavy atom. The van der Waals surface area contributed by atoms with Gasteiger partial charge in [-0.1, -0.05) is 18.2 Å². The molecule has 0 spiro atoms. The molecule has 3 rings (SSSR count). The van der Waals surface area contributed by atoms with Gasteiger partial charge in [0.1, 0.15) is 5.75 Å². The number of hydrogen-bond donors (Lipinski definition) is 1. The first-order chi connectivity index (χ1) is 16.3. The van der Waals surface area contributed by atoms with Crippen molar-refractivity contribution in [2.75, 3.05) is 0 Å². The lowest BCUT2D eigenvalue weighted by molar-refractivity contribution is -0.385. The number of carbonyl (C=O) groups is 2. The zero-order chi connectivity index (χ0) is 24.5. The van der Waals surface area contributed by atoms with E-state index in [4.69, 9.17) is 4.74 Å². The van der Waals surface area contributed by atoms with Crippen LogP contribution in [0.3, 0.4) is 0 Å². The molecule has 0 aliphatic heterocycles. The van der Waals surface area contributed by atoms with Gasteiger partial charge in [0.25, 0.3) is 17.3 Å². The highest BCUT2D eigenvalue weighted by Crippen LogP contribution is 2.23. The minimum atomic E-state index is -0.796. The Morgan fingerprint density at radius 2 is 1.53 bits per heavy atom. The average molecular weight is 460 g/mol. The van der Waals surface area contributed by atoms with Gasteiger partial charge in [0.15, 0.2) is 0 Å². The third kappa shape index (κ3) is 6.40. The summed E-state index contributed by atoms with van der Waals surface area (Å²) in [7, 11) is 0. The summed E-state index contributed by atoms with van der Waals surface area (Å²) in [5.74, 6) is -1.32. The summed E-state index contributed by atoms with van der Waals surface area (Å²) in [5, 5.41) is 25.6. The third-order valence-electron chi connectivity index (χ3n) is 4.34. The molecule has 0 heterocycles. The maximum Gasteiger partial charge on any atom is 0.336 e.